The number of hydrogen-bond donors (Lipinski definition) is 21. The number of nitrogens with two attached hydrogens (primary N) is 10. The normalized spacial score (nSPS) is 48.5. The van der Waals surface area contributed by atoms with Crippen molar-refractivity contribution in [2.75, 3.05) is 32.8 Å². The molecule has 0 aromatic carbocycles. The van der Waals surface area contributed by atoms with Gasteiger partial charge in [-0.3, -0.25) is 4.79 Å². The van der Waals surface area contributed by atoms with Crippen LogP contribution in [0.25, 0.3) is 0 Å². The van der Waals surface area contributed by atoms with E-state index in [-0.39, 0.29) is 51.4 Å². The minimum atomic E-state index is -1.55. The Morgan fingerprint density at radius 1 is 0.529 bits per heavy atom. The molecular weight excluding hydrogens is 938 g/mol. The Balaban J connectivity index is 0.000000265. The number of hydrogen-bond acceptors (Lipinski definition) is 29. The lowest BCUT2D eigenvalue weighted by atomic mass is 9.83. The van der Waals surface area contributed by atoms with Crippen molar-refractivity contribution in [3.8, 4) is 0 Å². The highest BCUT2D eigenvalue weighted by atomic mass is 16.7. The molecule has 4 saturated heterocycles. The number of ether oxygens (including phenoxy) is 8. The first kappa shape index (κ1) is 59.2. The summed E-state index contributed by atoms with van der Waals surface area (Å²) in [7, 11) is 0. The van der Waals surface area contributed by atoms with Crippen LogP contribution in [0, 0.1) is 0 Å². The third-order valence-electron chi connectivity index (χ3n) is 13.8. The van der Waals surface area contributed by atoms with E-state index in [1.165, 1.54) is 0 Å². The molecule has 1 unspecified atom stereocenters. The molecule has 6 fully saturated rings. The minimum Gasteiger partial charge on any atom is -0.394 e. The van der Waals surface area contributed by atoms with Crippen LogP contribution in [0.15, 0.2) is 0 Å². The Bertz CT molecular complexity index is 1580. The summed E-state index contributed by atoms with van der Waals surface area (Å²) >= 11 is 0. The summed E-state index contributed by atoms with van der Waals surface area (Å²) in [6, 6.07) is -6.81. The van der Waals surface area contributed by atoms with Gasteiger partial charge in [-0.2, -0.15) is 0 Å². The van der Waals surface area contributed by atoms with E-state index < -0.39 is 184 Å². The first-order chi connectivity index (χ1) is 33.1. The van der Waals surface area contributed by atoms with Crippen molar-refractivity contribution in [3.05, 3.63) is 0 Å². The summed E-state index contributed by atoms with van der Waals surface area (Å²) in [5, 5.41) is 105. The monoisotopic (exact) mass is 1020 g/mol. The van der Waals surface area contributed by atoms with Gasteiger partial charge in [0.15, 0.2) is 25.2 Å². The van der Waals surface area contributed by atoms with Crippen LogP contribution < -0.4 is 62.7 Å². The molecule has 6 rings (SSSR count). The van der Waals surface area contributed by atoms with Gasteiger partial charge in [0, 0.05) is 31.2 Å². The Morgan fingerprint density at radius 2 is 0.986 bits per heavy atom. The van der Waals surface area contributed by atoms with Gasteiger partial charge >= 0.3 is 0 Å². The van der Waals surface area contributed by atoms with E-state index in [0.29, 0.717) is 12.8 Å². The summed E-state index contributed by atoms with van der Waals surface area (Å²) in [5.74, 6) is -0.762. The molecule has 0 aromatic rings. The molecule has 28 atom stereocenters. The zero-order valence-corrected chi connectivity index (χ0v) is 38.9. The van der Waals surface area contributed by atoms with E-state index in [1.54, 1.807) is 0 Å². The highest BCUT2D eigenvalue weighted by Gasteiger charge is 2.53. The maximum absolute atomic E-state index is 12.6. The van der Waals surface area contributed by atoms with Crippen molar-refractivity contribution >= 4 is 5.91 Å². The SMILES string of the molecule is NCCC(O)C(=O)N[C@@H]1C[C@H](N)[C@@H](O[C@H]2O[C@H](CN)CC[C@H]2N)[C@H](O)[C@H]1O[C@H]1O[C@H](CO)[C@@H](O)[C@H](N)[C@H]1O.NC[C@H]1O[C@H](O[C@H]2[C@H](O)[C@@H](O[C@H]3O[C@H](CO)[C@@H](O)[C@H](N)[C@H]3O)[C@H](N)C[C@@H]2N)[C@H](N)C[C@@H]1O. The van der Waals surface area contributed by atoms with Gasteiger partial charge in [-0.15, -0.1) is 0 Å². The van der Waals surface area contributed by atoms with Crippen molar-refractivity contribution in [1.82, 2.24) is 5.32 Å². The maximum atomic E-state index is 12.6. The van der Waals surface area contributed by atoms with Gasteiger partial charge in [-0.05, 0) is 45.1 Å². The molecule has 1 amide bonds. The predicted molar refractivity (Wildman–Crippen MR) is 239 cm³/mol. The third-order valence-corrected chi connectivity index (χ3v) is 13.8. The second kappa shape index (κ2) is 26.7. The van der Waals surface area contributed by atoms with Gasteiger partial charge in [0.1, 0.15) is 79.4 Å². The second-order valence-corrected chi connectivity index (χ2v) is 19.0. The van der Waals surface area contributed by atoms with Crippen LogP contribution in [0.5, 0.6) is 0 Å². The molecule has 0 spiro atoms. The molecule has 31 N–H and O–H groups in total. The summed E-state index contributed by atoms with van der Waals surface area (Å²) in [5.41, 5.74) is 59.3. The standard InChI is InChI=1S/C22H44N6O10.C18H37N5O9/c23-4-3-12(30)20(34)28-11-5-10(26)18(37-21-9(25)2-1-8(6-24)35-21)17(33)19(11)38-22-16(32)14(27)15(31)13(7-29)36-22;19-3-9-8(25)2-7(22)17(29-9)31-15-5(20)1-6(21)16(14(15)28)32-18-13(27)11(23)12(26)10(4-24)30-18/h8-19,21-22,29-33H,1-7,23-27H2,(H,28,34);5-18,24-28H,1-4,19-23H2/t8-,9+,10-,11+,12?,13+,14-,15+,16+,17-,18+,19-,21+,22+;5-,6+,7+,8-,9+,10+,11-,12+,13+,14-,15+,16-,17+,18+/m00/s1. The maximum Gasteiger partial charge on any atom is 0.249 e. The van der Waals surface area contributed by atoms with Crippen LogP contribution in [0.1, 0.15) is 38.5 Å². The highest BCUT2D eigenvalue weighted by molar-refractivity contribution is 5.80. The Kier molecular flexibility index (Phi) is 22.6. The second-order valence-electron chi connectivity index (χ2n) is 19.0. The summed E-state index contributed by atoms with van der Waals surface area (Å²) in [4.78, 5) is 12.6. The molecule has 0 bridgehead atoms. The van der Waals surface area contributed by atoms with Gasteiger partial charge in [-0.25, -0.2) is 0 Å². The Morgan fingerprint density at radius 3 is 1.47 bits per heavy atom. The van der Waals surface area contributed by atoms with Crippen LogP contribution in [0.3, 0.4) is 0 Å². The molecular formula is C40H81N11O19. The molecule has 30 nitrogen and oxygen atoms in total. The number of rotatable bonds is 16. The number of nitrogens with one attached hydrogen (secondary N) is 1. The lowest BCUT2D eigenvalue weighted by molar-refractivity contribution is -0.314. The molecule has 2 saturated carbocycles. The fourth-order valence-corrected chi connectivity index (χ4v) is 9.45. The molecule has 2 aliphatic carbocycles. The highest BCUT2D eigenvalue weighted by Crippen LogP contribution is 2.33. The molecule has 6 aliphatic rings. The van der Waals surface area contributed by atoms with Crippen molar-refractivity contribution in [2.24, 2.45) is 57.3 Å². The quantitative estimate of drug-likeness (QED) is 0.0682. The first-order valence-electron chi connectivity index (χ1n) is 23.7. The first-order valence-corrected chi connectivity index (χ1v) is 23.7. The van der Waals surface area contributed by atoms with Crippen LogP contribution >= 0.6 is 0 Å². The number of carbonyl (C=O) groups is 1. The lowest BCUT2D eigenvalue weighted by Gasteiger charge is -2.48. The zero-order valence-electron chi connectivity index (χ0n) is 38.9. The van der Waals surface area contributed by atoms with Gasteiger partial charge in [0.25, 0.3) is 0 Å². The number of amides is 1. The van der Waals surface area contributed by atoms with Gasteiger partial charge in [-0.1, -0.05) is 0 Å². The molecule has 410 valence electrons. The number of aliphatic hydroxyl groups is 10. The van der Waals surface area contributed by atoms with Crippen molar-refractivity contribution < 1.29 is 93.8 Å². The smallest absolute Gasteiger partial charge is 0.249 e. The van der Waals surface area contributed by atoms with Gasteiger partial charge < -0.3 is 152 Å². The summed E-state index contributed by atoms with van der Waals surface area (Å²) in [6.45, 7) is -0.795. The molecule has 30 heteroatoms. The molecule has 0 aromatic heterocycles. The predicted octanol–water partition coefficient (Wildman–Crippen LogP) is -12.7. The minimum absolute atomic E-state index is 0.000983. The van der Waals surface area contributed by atoms with E-state index in [0.717, 1.165) is 0 Å². The van der Waals surface area contributed by atoms with E-state index in [9.17, 15) is 55.9 Å². The van der Waals surface area contributed by atoms with Gasteiger partial charge in [0.2, 0.25) is 5.91 Å². The van der Waals surface area contributed by atoms with E-state index in [2.05, 4.69) is 5.32 Å². The molecule has 4 heterocycles. The molecule has 70 heavy (non-hydrogen) atoms. The number of aliphatic hydroxyl groups excluding tert-OH is 10. The van der Waals surface area contributed by atoms with Crippen LogP contribution in [0.4, 0.5) is 0 Å². The Labute approximate surface area is 404 Å². The largest absolute Gasteiger partial charge is 0.394 e. The summed E-state index contributed by atoms with van der Waals surface area (Å²) < 4.78 is 46.0. The van der Waals surface area contributed by atoms with Crippen LogP contribution in [-0.4, -0.2) is 261 Å². The third kappa shape index (κ3) is 14.0. The van der Waals surface area contributed by atoms with Crippen LogP contribution in [0.2, 0.25) is 0 Å². The van der Waals surface area contributed by atoms with E-state index in [1.807, 2.05) is 0 Å². The van der Waals surface area contributed by atoms with Crippen LogP contribution in [-0.2, 0) is 42.7 Å². The van der Waals surface area contributed by atoms with Crippen molar-refractivity contribution in [1.29, 1.82) is 0 Å². The van der Waals surface area contributed by atoms with E-state index in [4.69, 9.17) is 95.2 Å². The average molecular weight is 1020 g/mol. The fraction of sp³-hybridized carbons (Fsp3) is 0.975. The zero-order chi connectivity index (χ0) is 51.9. The van der Waals surface area contributed by atoms with Crippen molar-refractivity contribution in [3.63, 3.8) is 0 Å². The average Bonchev–Trinajstić information content (AvgIpc) is 3.32. The topological polar surface area (TPSA) is 565 Å². The number of carbonyl (C=O) groups excluding carboxylic acids is 1. The van der Waals surface area contributed by atoms with Crippen molar-refractivity contribution in [2.45, 2.75) is 210 Å². The molecule has 4 aliphatic heterocycles. The molecule has 0 radical (unpaired) electrons. The van der Waals surface area contributed by atoms with Gasteiger partial charge in [0.05, 0.1) is 61.7 Å². The summed E-state index contributed by atoms with van der Waals surface area (Å²) in [6.07, 6.45) is -21.6. The fourth-order valence-electron chi connectivity index (χ4n) is 9.45. The lowest BCUT2D eigenvalue weighted by Crippen LogP contribution is -2.69. The Hall–Kier alpha value is -1.65. The van der Waals surface area contributed by atoms with E-state index >= 15 is 0 Å².